The van der Waals surface area contributed by atoms with Crippen molar-refractivity contribution in [2.45, 2.75) is 18.6 Å². The first-order valence-corrected chi connectivity index (χ1v) is 6.70. The van der Waals surface area contributed by atoms with E-state index in [9.17, 15) is 8.42 Å². The molecule has 1 atom stereocenters. The molecule has 0 amide bonds. The van der Waals surface area contributed by atoms with Crippen molar-refractivity contribution in [3.05, 3.63) is 0 Å². The molecule has 0 radical (unpaired) electrons. The third kappa shape index (κ3) is 6.02. The van der Waals surface area contributed by atoms with Crippen LogP contribution in [0.2, 0.25) is 0 Å². The molecular formula is C9H19N3O3S. The number of methoxy groups -OCH3 is 1. The van der Waals surface area contributed by atoms with Crippen molar-refractivity contribution in [3.63, 3.8) is 0 Å². The Labute approximate surface area is 97.0 Å². The minimum Gasteiger partial charge on any atom is -0.383 e. The maximum atomic E-state index is 11.5. The molecule has 0 aliphatic heterocycles. The van der Waals surface area contributed by atoms with Gasteiger partial charge in [0.1, 0.15) is 0 Å². The molecule has 16 heavy (non-hydrogen) atoms. The van der Waals surface area contributed by atoms with Gasteiger partial charge in [-0.2, -0.15) is 5.26 Å². The van der Waals surface area contributed by atoms with Crippen LogP contribution in [-0.4, -0.2) is 47.0 Å². The highest BCUT2D eigenvalue weighted by atomic mass is 32.2. The number of ether oxygens (including phenoxy) is 1. The molecule has 7 heteroatoms. The van der Waals surface area contributed by atoms with E-state index >= 15 is 0 Å². The Morgan fingerprint density at radius 3 is 2.56 bits per heavy atom. The Morgan fingerprint density at radius 1 is 1.38 bits per heavy atom. The molecule has 0 heterocycles. The molecule has 0 aliphatic carbocycles. The van der Waals surface area contributed by atoms with E-state index in [0.717, 1.165) is 0 Å². The molecule has 0 aliphatic rings. The fourth-order valence-electron chi connectivity index (χ4n) is 1.06. The zero-order chi connectivity index (χ0) is 12.4. The third-order valence-electron chi connectivity index (χ3n) is 1.98. The van der Waals surface area contributed by atoms with Crippen molar-refractivity contribution in [2.24, 2.45) is 0 Å². The molecule has 0 fully saturated rings. The summed E-state index contributed by atoms with van der Waals surface area (Å²) in [7, 11) is -1.90. The second-order valence-electron chi connectivity index (χ2n) is 3.21. The Bertz CT molecular complexity index is 310. The second-order valence-corrected chi connectivity index (χ2v) is 5.16. The summed E-state index contributed by atoms with van der Waals surface area (Å²) in [6, 6.07) is 1.76. The molecule has 6 nitrogen and oxygen atoms in total. The lowest BCUT2D eigenvalue weighted by atomic mass is 10.4. The molecule has 0 rings (SSSR count). The fraction of sp³-hybridized carbons (Fsp3) is 0.889. The van der Waals surface area contributed by atoms with E-state index in [-0.39, 0.29) is 6.54 Å². The minimum atomic E-state index is -3.50. The number of nitriles is 1. The number of sulfonamides is 1. The first kappa shape index (κ1) is 15.3. The minimum absolute atomic E-state index is 0.282. The highest BCUT2D eigenvalue weighted by Gasteiger charge is 2.22. The topological polar surface area (TPSA) is 91.2 Å². The van der Waals surface area contributed by atoms with Crippen LogP contribution >= 0.6 is 0 Å². The van der Waals surface area contributed by atoms with Gasteiger partial charge in [-0.25, -0.2) is 13.1 Å². The zero-order valence-electron chi connectivity index (χ0n) is 9.69. The highest BCUT2D eigenvalue weighted by molar-refractivity contribution is 7.90. The van der Waals surface area contributed by atoms with E-state index in [1.54, 1.807) is 20.1 Å². The normalized spacial score (nSPS) is 13.3. The van der Waals surface area contributed by atoms with E-state index in [2.05, 4.69) is 10.0 Å². The Balaban J connectivity index is 3.80. The van der Waals surface area contributed by atoms with Gasteiger partial charge in [-0.3, -0.25) is 0 Å². The lowest BCUT2D eigenvalue weighted by Crippen LogP contribution is -2.38. The quantitative estimate of drug-likeness (QED) is 0.535. The Hall–Kier alpha value is -0.680. The van der Waals surface area contributed by atoms with Crippen molar-refractivity contribution in [1.82, 2.24) is 10.0 Å². The van der Waals surface area contributed by atoms with Gasteiger partial charge in [-0.05, 0) is 6.42 Å². The van der Waals surface area contributed by atoms with Crippen molar-refractivity contribution in [1.29, 1.82) is 5.26 Å². The predicted octanol–water partition coefficient (Wildman–Crippen LogP) is -0.556. The second kappa shape index (κ2) is 8.47. The van der Waals surface area contributed by atoms with E-state index in [1.807, 2.05) is 0 Å². The van der Waals surface area contributed by atoms with E-state index in [4.69, 9.17) is 10.00 Å². The summed E-state index contributed by atoms with van der Waals surface area (Å²) in [6.07, 6.45) is 0.295. The summed E-state index contributed by atoms with van der Waals surface area (Å²) in [5.41, 5.74) is 0. The van der Waals surface area contributed by atoms with Crippen LogP contribution in [-0.2, 0) is 14.8 Å². The van der Waals surface area contributed by atoms with Crippen LogP contribution in [0.25, 0.3) is 0 Å². The van der Waals surface area contributed by atoms with E-state index in [1.165, 1.54) is 0 Å². The molecule has 0 aromatic heterocycles. The summed E-state index contributed by atoms with van der Waals surface area (Å²) in [4.78, 5) is 0. The first-order valence-electron chi connectivity index (χ1n) is 5.16. The van der Waals surface area contributed by atoms with Gasteiger partial charge in [0.15, 0.2) is 5.25 Å². The van der Waals surface area contributed by atoms with Crippen LogP contribution in [0.15, 0.2) is 0 Å². The number of rotatable bonds is 9. The van der Waals surface area contributed by atoms with Crippen LogP contribution in [0, 0.1) is 11.3 Å². The molecule has 0 saturated carbocycles. The smallest absolute Gasteiger partial charge is 0.228 e. The summed E-state index contributed by atoms with van der Waals surface area (Å²) >= 11 is 0. The average molecular weight is 249 g/mol. The summed E-state index contributed by atoms with van der Waals surface area (Å²) in [5.74, 6) is 0. The summed E-state index contributed by atoms with van der Waals surface area (Å²) in [6.45, 7) is 3.73. The Kier molecular flexibility index (Phi) is 8.11. The van der Waals surface area contributed by atoms with E-state index < -0.39 is 15.3 Å². The molecule has 94 valence electrons. The highest BCUT2D eigenvalue weighted by Crippen LogP contribution is 2.01. The van der Waals surface area contributed by atoms with Gasteiger partial charge < -0.3 is 10.1 Å². The molecule has 2 N–H and O–H groups in total. The van der Waals surface area contributed by atoms with Crippen molar-refractivity contribution >= 4 is 10.0 Å². The summed E-state index contributed by atoms with van der Waals surface area (Å²) in [5, 5.41) is 10.7. The lowest BCUT2D eigenvalue weighted by Gasteiger charge is -2.10. The largest absolute Gasteiger partial charge is 0.383 e. The summed E-state index contributed by atoms with van der Waals surface area (Å²) < 4.78 is 30.2. The van der Waals surface area contributed by atoms with Gasteiger partial charge in [0.25, 0.3) is 0 Å². The van der Waals surface area contributed by atoms with Gasteiger partial charge in [-0.1, -0.05) is 6.92 Å². The van der Waals surface area contributed by atoms with Crippen molar-refractivity contribution in [2.75, 3.05) is 33.4 Å². The van der Waals surface area contributed by atoms with Crippen LogP contribution in [0.3, 0.4) is 0 Å². The molecule has 0 bridgehead atoms. The maximum Gasteiger partial charge on any atom is 0.228 e. The standard InChI is InChI=1S/C9H19N3O3S/c1-3-9(8-10)16(13,14)12-5-4-11-6-7-15-2/h9,11-12H,3-7H2,1-2H3. The fourth-order valence-corrected chi connectivity index (χ4v) is 2.23. The van der Waals surface area contributed by atoms with Gasteiger partial charge >= 0.3 is 0 Å². The third-order valence-corrected chi connectivity index (χ3v) is 3.77. The monoisotopic (exact) mass is 249 g/mol. The van der Waals surface area contributed by atoms with Crippen LogP contribution in [0.5, 0.6) is 0 Å². The Morgan fingerprint density at radius 2 is 2.06 bits per heavy atom. The van der Waals surface area contributed by atoms with Crippen LogP contribution in [0.4, 0.5) is 0 Å². The van der Waals surface area contributed by atoms with Crippen molar-refractivity contribution in [3.8, 4) is 6.07 Å². The first-order chi connectivity index (χ1) is 7.58. The SMILES string of the molecule is CCC(C#N)S(=O)(=O)NCCNCCOC. The number of nitrogens with one attached hydrogen (secondary N) is 2. The van der Waals surface area contributed by atoms with Gasteiger partial charge in [-0.15, -0.1) is 0 Å². The van der Waals surface area contributed by atoms with Gasteiger partial charge in [0.05, 0.1) is 12.7 Å². The van der Waals surface area contributed by atoms with Gasteiger partial charge in [0.2, 0.25) is 10.0 Å². The molecule has 0 aromatic carbocycles. The van der Waals surface area contributed by atoms with Crippen molar-refractivity contribution < 1.29 is 13.2 Å². The van der Waals surface area contributed by atoms with Crippen LogP contribution in [0.1, 0.15) is 13.3 Å². The number of hydrogen-bond acceptors (Lipinski definition) is 5. The van der Waals surface area contributed by atoms with Gasteiger partial charge in [0, 0.05) is 26.7 Å². The maximum absolute atomic E-state index is 11.5. The van der Waals surface area contributed by atoms with Crippen LogP contribution < -0.4 is 10.0 Å². The predicted molar refractivity (Wildman–Crippen MR) is 61.4 cm³/mol. The molecule has 0 spiro atoms. The zero-order valence-corrected chi connectivity index (χ0v) is 10.5. The average Bonchev–Trinajstić information content (AvgIpc) is 2.24. The molecular weight excluding hydrogens is 230 g/mol. The van der Waals surface area contributed by atoms with E-state index in [0.29, 0.717) is 26.1 Å². The lowest BCUT2D eigenvalue weighted by molar-refractivity contribution is 0.199. The number of nitrogens with zero attached hydrogens (tertiary/aromatic N) is 1. The number of hydrogen-bond donors (Lipinski definition) is 2. The molecule has 0 aromatic rings. The molecule has 0 saturated heterocycles. The molecule has 1 unspecified atom stereocenters.